The third-order valence-corrected chi connectivity index (χ3v) is 4.28. The zero-order valence-corrected chi connectivity index (χ0v) is 10.6. The highest BCUT2D eigenvalue weighted by atomic mass is 16.1. The largest absolute Gasteiger partial charge is 0.304 e. The summed E-state index contributed by atoms with van der Waals surface area (Å²) in [5, 5.41) is 0. The number of hydrogen-bond acceptors (Lipinski definition) is 3. The normalized spacial score (nSPS) is 33.9. The quantitative estimate of drug-likeness (QED) is 0.708. The van der Waals surface area contributed by atoms with Gasteiger partial charge in [0.1, 0.15) is 5.78 Å². The van der Waals surface area contributed by atoms with Crippen molar-refractivity contribution in [3.63, 3.8) is 0 Å². The fourth-order valence-corrected chi connectivity index (χ4v) is 3.05. The van der Waals surface area contributed by atoms with E-state index in [2.05, 4.69) is 16.8 Å². The Bertz CT molecular complexity index is 246. The van der Waals surface area contributed by atoms with Crippen LogP contribution in [0.3, 0.4) is 0 Å². The Labute approximate surface area is 98.8 Å². The van der Waals surface area contributed by atoms with Gasteiger partial charge in [-0.3, -0.25) is 9.69 Å². The lowest BCUT2D eigenvalue weighted by atomic mass is 9.82. The Morgan fingerprint density at radius 3 is 2.44 bits per heavy atom. The van der Waals surface area contributed by atoms with Gasteiger partial charge in [-0.15, -0.1) is 0 Å². The van der Waals surface area contributed by atoms with Crippen molar-refractivity contribution in [3.8, 4) is 0 Å². The van der Waals surface area contributed by atoms with E-state index in [0.717, 1.165) is 12.8 Å². The van der Waals surface area contributed by atoms with Crippen LogP contribution in [-0.4, -0.2) is 54.9 Å². The van der Waals surface area contributed by atoms with Crippen molar-refractivity contribution in [3.05, 3.63) is 0 Å². The summed E-state index contributed by atoms with van der Waals surface area (Å²) in [5.41, 5.74) is 0. The highest BCUT2D eigenvalue weighted by Gasteiger charge is 2.29. The highest BCUT2D eigenvalue weighted by Crippen LogP contribution is 2.28. The van der Waals surface area contributed by atoms with Crippen LogP contribution in [0.25, 0.3) is 0 Å². The summed E-state index contributed by atoms with van der Waals surface area (Å²) >= 11 is 0. The second-order valence-electron chi connectivity index (χ2n) is 5.47. The first-order valence-corrected chi connectivity index (χ1v) is 6.60. The molecule has 1 saturated heterocycles. The lowest BCUT2D eigenvalue weighted by Gasteiger charge is -2.41. The maximum absolute atomic E-state index is 11.5. The molecule has 1 heterocycles. The first kappa shape index (κ1) is 12.1. The number of Topliss-reactive ketones (excluding diaryl/α,β-unsaturated/α-hetero) is 1. The minimum Gasteiger partial charge on any atom is -0.304 e. The maximum atomic E-state index is 11.5. The Hall–Kier alpha value is -0.410. The molecular formula is C13H24N2O. The van der Waals surface area contributed by atoms with Crippen LogP contribution in [0.5, 0.6) is 0 Å². The van der Waals surface area contributed by atoms with E-state index in [9.17, 15) is 4.79 Å². The number of carbonyl (C=O) groups is 1. The topological polar surface area (TPSA) is 23.6 Å². The number of ketones is 1. The second kappa shape index (κ2) is 5.28. The van der Waals surface area contributed by atoms with Crippen LogP contribution in [0, 0.1) is 5.92 Å². The third kappa shape index (κ3) is 2.83. The van der Waals surface area contributed by atoms with E-state index in [0.29, 0.717) is 17.7 Å². The molecule has 2 aliphatic rings. The molecule has 16 heavy (non-hydrogen) atoms. The molecule has 92 valence electrons. The fourth-order valence-electron chi connectivity index (χ4n) is 3.05. The summed E-state index contributed by atoms with van der Waals surface area (Å²) in [6.07, 6.45) is 4.77. The molecule has 0 bridgehead atoms. The minimum absolute atomic E-state index is 0.346. The number of carbonyl (C=O) groups excluding carboxylic acids is 1. The van der Waals surface area contributed by atoms with Crippen LogP contribution in [0.15, 0.2) is 0 Å². The summed E-state index contributed by atoms with van der Waals surface area (Å²) in [5.74, 6) is 0.747. The lowest BCUT2D eigenvalue weighted by molar-refractivity contribution is -0.122. The Kier molecular flexibility index (Phi) is 3.98. The van der Waals surface area contributed by atoms with Gasteiger partial charge in [0.15, 0.2) is 0 Å². The van der Waals surface area contributed by atoms with Crippen LogP contribution in [-0.2, 0) is 4.79 Å². The molecule has 1 saturated carbocycles. The smallest absolute Gasteiger partial charge is 0.132 e. The van der Waals surface area contributed by atoms with Crippen LogP contribution in [0.2, 0.25) is 0 Å². The molecule has 2 rings (SSSR count). The van der Waals surface area contributed by atoms with Gasteiger partial charge >= 0.3 is 0 Å². The van der Waals surface area contributed by atoms with Crippen LogP contribution in [0.4, 0.5) is 0 Å². The van der Waals surface area contributed by atoms with Gasteiger partial charge < -0.3 is 4.90 Å². The molecule has 0 aromatic carbocycles. The molecule has 0 aromatic heterocycles. The first-order valence-electron chi connectivity index (χ1n) is 6.60. The molecule has 3 nitrogen and oxygen atoms in total. The molecule has 3 heteroatoms. The zero-order valence-electron chi connectivity index (χ0n) is 10.6. The van der Waals surface area contributed by atoms with Gasteiger partial charge in [0.2, 0.25) is 0 Å². The summed E-state index contributed by atoms with van der Waals surface area (Å²) in [6.45, 7) is 6.50. The van der Waals surface area contributed by atoms with Gasteiger partial charge in [-0.05, 0) is 33.2 Å². The Morgan fingerprint density at radius 1 is 1.12 bits per heavy atom. The van der Waals surface area contributed by atoms with Crippen molar-refractivity contribution in [2.45, 2.75) is 38.6 Å². The highest BCUT2D eigenvalue weighted by molar-refractivity contribution is 5.78. The number of piperazine rings is 1. The van der Waals surface area contributed by atoms with Crippen LogP contribution >= 0.6 is 0 Å². The average Bonchev–Trinajstić information content (AvgIpc) is 2.30. The molecule has 0 radical (unpaired) electrons. The van der Waals surface area contributed by atoms with Crippen molar-refractivity contribution < 1.29 is 4.79 Å². The molecule has 0 unspecified atom stereocenters. The maximum Gasteiger partial charge on any atom is 0.132 e. The standard InChI is InChI=1S/C13H24N2O/c1-11(16)12-4-3-5-13(10-12)15-8-6-14(2)7-9-15/h12-13H,3-10H2,1-2H3/t12-,13-/m1/s1. The fraction of sp³-hybridized carbons (Fsp3) is 0.923. The van der Waals surface area contributed by atoms with E-state index in [1.165, 1.54) is 39.0 Å². The number of rotatable bonds is 2. The van der Waals surface area contributed by atoms with E-state index >= 15 is 0 Å². The predicted octanol–water partition coefficient (Wildman–Crippen LogP) is 1.38. The summed E-state index contributed by atoms with van der Waals surface area (Å²) in [4.78, 5) is 16.4. The third-order valence-electron chi connectivity index (χ3n) is 4.28. The average molecular weight is 224 g/mol. The predicted molar refractivity (Wildman–Crippen MR) is 65.5 cm³/mol. The Morgan fingerprint density at radius 2 is 1.81 bits per heavy atom. The number of likely N-dealkylation sites (N-methyl/N-ethyl adjacent to an activating group) is 1. The van der Waals surface area contributed by atoms with E-state index < -0.39 is 0 Å². The van der Waals surface area contributed by atoms with Gasteiger partial charge in [-0.2, -0.15) is 0 Å². The summed E-state index contributed by atoms with van der Waals surface area (Å²) < 4.78 is 0. The molecule has 1 aliphatic heterocycles. The van der Waals surface area contributed by atoms with Crippen LogP contribution in [0.1, 0.15) is 32.6 Å². The Balaban J connectivity index is 1.87. The molecule has 0 aromatic rings. The number of nitrogens with zero attached hydrogens (tertiary/aromatic N) is 2. The van der Waals surface area contributed by atoms with Crippen molar-refractivity contribution in [2.75, 3.05) is 33.2 Å². The van der Waals surface area contributed by atoms with Gasteiger partial charge in [-0.1, -0.05) is 6.42 Å². The van der Waals surface area contributed by atoms with Crippen LogP contribution < -0.4 is 0 Å². The molecule has 2 atom stereocenters. The van der Waals surface area contributed by atoms with E-state index in [1.807, 2.05) is 0 Å². The van der Waals surface area contributed by atoms with E-state index in [-0.39, 0.29) is 0 Å². The second-order valence-corrected chi connectivity index (χ2v) is 5.47. The SMILES string of the molecule is CC(=O)[C@@H]1CCC[C@@H](N2CCN(C)CC2)C1. The molecule has 2 fully saturated rings. The first-order chi connectivity index (χ1) is 7.66. The van der Waals surface area contributed by atoms with Gasteiger partial charge in [0.25, 0.3) is 0 Å². The molecular weight excluding hydrogens is 200 g/mol. The molecule has 1 aliphatic carbocycles. The molecule has 0 N–H and O–H groups in total. The van der Waals surface area contributed by atoms with E-state index in [1.54, 1.807) is 6.92 Å². The lowest BCUT2D eigenvalue weighted by Crippen LogP contribution is -2.50. The van der Waals surface area contributed by atoms with Crippen molar-refractivity contribution in [1.29, 1.82) is 0 Å². The van der Waals surface area contributed by atoms with E-state index in [4.69, 9.17) is 0 Å². The van der Waals surface area contributed by atoms with Crippen molar-refractivity contribution in [1.82, 2.24) is 9.80 Å². The molecule has 0 amide bonds. The summed E-state index contributed by atoms with van der Waals surface area (Å²) in [7, 11) is 2.19. The summed E-state index contributed by atoms with van der Waals surface area (Å²) in [6, 6.07) is 0.677. The molecule has 0 spiro atoms. The monoisotopic (exact) mass is 224 g/mol. The van der Waals surface area contributed by atoms with Crippen molar-refractivity contribution >= 4 is 5.78 Å². The zero-order chi connectivity index (χ0) is 11.5. The van der Waals surface area contributed by atoms with Gasteiger partial charge in [0, 0.05) is 38.1 Å². The number of hydrogen-bond donors (Lipinski definition) is 0. The van der Waals surface area contributed by atoms with Gasteiger partial charge in [0.05, 0.1) is 0 Å². The van der Waals surface area contributed by atoms with Gasteiger partial charge in [-0.25, -0.2) is 0 Å². The minimum atomic E-state index is 0.346. The van der Waals surface area contributed by atoms with Crippen molar-refractivity contribution in [2.24, 2.45) is 5.92 Å².